The van der Waals surface area contributed by atoms with Gasteiger partial charge >= 0.3 is 0 Å². The molecule has 4 rings (SSSR count). The fraction of sp³-hybridized carbons (Fsp3) is 0.200. The third-order valence-corrected chi connectivity index (χ3v) is 3.68. The second kappa shape index (κ2) is 4.94. The summed E-state index contributed by atoms with van der Waals surface area (Å²) < 4.78 is 5.55. The molecular weight excluding hydrogens is 292 g/mol. The minimum absolute atomic E-state index is 0.686. The van der Waals surface area contributed by atoms with Crippen LogP contribution in [-0.2, 0) is 14.1 Å². The van der Waals surface area contributed by atoms with Gasteiger partial charge < -0.3 is 5.32 Å². The van der Waals surface area contributed by atoms with Gasteiger partial charge in [-0.2, -0.15) is 10.2 Å². The molecule has 0 radical (unpaired) electrons. The zero-order valence-electron chi connectivity index (χ0n) is 13.1. The van der Waals surface area contributed by atoms with Gasteiger partial charge in [-0.1, -0.05) is 0 Å². The lowest BCUT2D eigenvalue weighted by atomic mass is 10.3. The van der Waals surface area contributed by atoms with E-state index in [-0.39, 0.29) is 0 Å². The highest BCUT2D eigenvalue weighted by Gasteiger charge is 2.12. The topological polar surface area (TPSA) is 77.9 Å². The first kappa shape index (κ1) is 13.5. The van der Waals surface area contributed by atoms with Crippen LogP contribution in [-0.4, -0.2) is 33.9 Å². The molecule has 4 aromatic heterocycles. The summed E-state index contributed by atoms with van der Waals surface area (Å²) in [5.74, 6) is 1.56. The Balaban J connectivity index is 1.80. The highest BCUT2D eigenvalue weighted by Crippen LogP contribution is 2.24. The molecule has 0 unspecified atom stereocenters. The van der Waals surface area contributed by atoms with Gasteiger partial charge in [0.05, 0.1) is 23.8 Å². The van der Waals surface area contributed by atoms with Crippen molar-refractivity contribution < 1.29 is 0 Å². The quantitative estimate of drug-likeness (QED) is 0.625. The summed E-state index contributed by atoms with van der Waals surface area (Å²) in [6, 6.07) is 1.97. The van der Waals surface area contributed by atoms with Crippen LogP contribution in [0.5, 0.6) is 0 Å². The highest BCUT2D eigenvalue weighted by molar-refractivity contribution is 5.73. The molecule has 116 valence electrons. The molecule has 0 amide bonds. The predicted octanol–water partition coefficient (Wildman–Crippen LogP) is 1.92. The number of aryl methyl sites for hydroxylation is 3. The Morgan fingerprint density at radius 1 is 1.13 bits per heavy atom. The number of fused-ring (bicyclic) bond motifs is 1. The van der Waals surface area contributed by atoms with Crippen molar-refractivity contribution >= 4 is 17.3 Å². The van der Waals surface area contributed by atoms with Gasteiger partial charge in [0.15, 0.2) is 11.5 Å². The van der Waals surface area contributed by atoms with E-state index in [0.717, 1.165) is 28.4 Å². The summed E-state index contributed by atoms with van der Waals surface area (Å²) in [6.07, 6.45) is 9.25. The van der Waals surface area contributed by atoms with Crippen LogP contribution in [0.2, 0.25) is 0 Å². The molecule has 0 bridgehead atoms. The fourth-order valence-electron chi connectivity index (χ4n) is 2.62. The van der Waals surface area contributed by atoms with Crippen molar-refractivity contribution in [2.45, 2.75) is 6.92 Å². The van der Waals surface area contributed by atoms with Crippen LogP contribution in [0.15, 0.2) is 37.1 Å². The van der Waals surface area contributed by atoms with Crippen molar-refractivity contribution in [3.8, 4) is 11.3 Å². The summed E-state index contributed by atoms with van der Waals surface area (Å²) in [4.78, 5) is 8.92. The summed E-state index contributed by atoms with van der Waals surface area (Å²) in [5.41, 5.74) is 3.68. The Bertz CT molecular complexity index is 990. The second-order valence-electron chi connectivity index (χ2n) is 5.44. The lowest BCUT2D eigenvalue weighted by Crippen LogP contribution is -2.03. The molecule has 4 aromatic rings. The van der Waals surface area contributed by atoms with E-state index in [1.54, 1.807) is 15.6 Å². The van der Waals surface area contributed by atoms with Crippen LogP contribution in [0, 0.1) is 6.92 Å². The average Bonchev–Trinajstić information content (AvgIpc) is 3.19. The number of hydrogen-bond donors (Lipinski definition) is 1. The SMILES string of the molecule is Cc1cc(Nc2nccn3c(-c4cnn(C)c4)cnc23)n(C)n1. The molecule has 0 aliphatic heterocycles. The maximum absolute atomic E-state index is 4.51. The van der Waals surface area contributed by atoms with Gasteiger partial charge in [0.1, 0.15) is 5.82 Å². The van der Waals surface area contributed by atoms with Crippen molar-refractivity contribution in [1.29, 1.82) is 0 Å². The summed E-state index contributed by atoms with van der Waals surface area (Å²) >= 11 is 0. The van der Waals surface area contributed by atoms with Crippen molar-refractivity contribution in [1.82, 2.24) is 33.9 Å². The Morgan fingerprint density at radius 2 is 2.00 bits per heavy atom. The number of aromatic nitrogens is 7. The van der Waals surface area contributed by atoms with E-state index in [4.69, 9.17) is 0 Å². The van der Waals surface area contributed by atoms with E-state index in [9.17, 15) is 0 Å². The minimum atomic E-state index is 0.686. The van der Waals surface area contributed by atoms with Crippen molar-refractivity contribution in [2.75, 3.05) is 5.32 Å². The molecule has 0 aromatic carbocycles. The van der Waals surface area contributed by atoms with E-state index in [1.807, 2.05) is 56.3 Å². The monoisotopic (exact) mass is 308 g/mol. The predicted molar refractivity (Wildman–Crippen MR) is 86.4 cm³/mol. The molecule has 0 saturated carbocycles. The molecule has 0 spiro atoms. The van der Waals surface area contributed by atoms with Crippen molar-refractivity contribution in [3.63, 3.8) is 0 Å². The zero-order valence-corrected chi connectivity index (χ0v) is 13.1. The zero-order chi connectivity index (χ0) is 16.0. The summed E-state index contributed by atoms with van der Waals surface area (Å²) in [6.45, 7) is 1.95. The molecule has 1 N–H and O–H groups in total. The molecule has 23 heavy (non-hydrogen) atoms. The van der Waals surface area contributed by atoms with Gasteiger partial charge in [0.25, 0.3) is 0 Å². The smallest absolute Gasteiger partial charge is 0.180 e. The van der Waals surface area contributed by atoms with Gasteiger partial charge in [-0.25, -0.2) is 9.97 Å². The van der Waals surface area contributed by atoms with E-state index in [0.29, 0.717) is 5.82 Å². The van der Waals surface area contributed by atoms with E-state index in [2.05, 4.69) is 25.5 Å². The Labute approximate surface area is 132 Å². The molecule has 8 heteroatoms. The maximum Gasteiger partial charge on any atom is 0.180 e. The Hall–Kier alpha value is -3.16. The first-order valence-electron chi connectivity index (χ1n) is 7.20. The lowest BCUT2D eigenvalue weighted by Gasteiger charge is -2.07. The van der Waals surface area contributed by atoms with E-state index >= 15 is 0 Å². The molecule has 0 aliphatic carbocycles. The molecule has 0 aliphatic rings. The first-order chi connectivity index (χ1) is 11.1. The number of nitrogens with zero attached hydrogens (tertiary/aromatic N) is 7. The molecule has 0 saturated heterocycles. The fourth-order valence-corrected chi connectivity index (χ4v) is 2.62. The molecule has 8 nitrogen and oxygen atoms in total. The molecular formula is C15H16N8. The number of rotatable bonds is 3. The summed E-state index contributed by atoms with van der Waals surface area (Å²) in [5, 5.41) is 11.8. The molecule has 4 heterocycles. The van der Waals surface area contributed by atoms with E-state index < -0.39 is 0 Å². The van der Waals surface area contributed by atoms with Crippen LogP contribution in [0.1, 0.15) is 5.69 Å². The van der Waals surface area contributed by atoms with Crippen molar-refractivity contribution in [2.24, 2.45) is 14.1 Å². The minimum Gasteiger partial charge on any atom is -0.322 e. The van der Waals surface area contributed by atoms with Crippen LogP contribution < -0.4 is 5.32 Å². The van der Waals surface area contributed by atoms with Gasteiger partial charge in [-0.3, -0.25) is 13.8 Å². The largest absolute Gasteiger partial charge is 0.322 e. The average molecular weight is 308 g/mol. The van der Waals surface area contributed by atoms with Crippen LogP contribution >= 0.6 is 0 Å². The van der Waals surface area contributed by atoms with Gasteiger partial charge in [-0.15, -0.1) is 0 Å². The third kappa shape index (κ3) is 2.24. The molecule has 0 fully saturated rings. The number of hydrogen-bond acceptors (Lipinski definition) is 5. The standard InChI is InChI=1S/C15H16N8/c1-10-6-13(22(3)20-10)19-14-15-17-8-12(23(15)5-4-16-14)11-7-18-21(2)9-11/h4-9H,1-3H3,(H,16,19). The number of nitrogens with one attached hydrogen (secondary N) is 1. The second-order valence-corrected chi connectivity index (χ2v) is 5.44. The molecule has 0 atom stereocenters. The Kier molecular flexibility index (Phi) is 2.90. The normalized spacial score (nSPS) is 11.3. The Morgan fingerprint density at radius 3 is 2.70 bits per heavy atom. The van der Waals surface area contributed by atoms with Gasteiger partial charge in [0, 0.05) is 44.3 Å². The van der Waals surface area contributed by atoms with E-state index in [1.165, 1.54) is 0 Å². The third-order valence-electron chi connectivity index (χ3n) is 3.68. The van der Waals surface area contributed by atoms with Gasteiger partial charge in [-0.05, 0) is 6.92 Å². The van der Waals surface area contributed by atoms with Crippen LogP contribution in [0.3, 0.4) is 0 Å². The van der Waals surface area contributed by atoms with Crippen LogP contribution in [0.25, 0.3) is 16.9 Å². The lowest BCUT2D eigenvalue weighted by molar-refractivity contribution is 0.764. The van der Waals surface area contributed by atoms with Crippen molar-refractivity contribution in [3.05, 3.63) is 42.7 Å². The number of anilines is 2. The maximum atomic E-state index is 4.51. The van der Waals surface area contributed by atoms with Crippen LogP contribution in [0.4, 0.5) is 11.6 Å². The summed E-state index contributed by atoms with van der Waals surface area (Å²) in [7, 11) is 3.79. The number of imidazole rings is 1. The highest BCUT2D eigenvalue weighted by atomic mass is 15.3. The van der Waals surface area contributed by atoms with Gasteiger partial charge in [0.2, 0.25) is 0 Å². The first-order valence-corrected chi connectivity index (χ1v) is 7.20.